The first-order valence-corrected chi connectivity index (χ1v) is 6.18. The van der Waals surface area contributed by atoms with E-state index >= 15 is 0 Å². The van der Waals surface area contributed by atoms with Crippen LogP contribution in [0.5, 0.6) is 5.88 Å². The van der Waals surface area contributed by atoms with Crippen molar-refractivity contribution in [3.63, 3.8) is 0 Å². The van der Waals surface area contributed by atoms with Gasteiger partial charge in [-0.2, -0.15) is 13.2 Å². The fraction of sp³-hybridized carbons (Fsp3) is 0.429. The molecule has 4 nitrogen and oxygen atoms in total. The van der Waals surface area contributed by atoms with Crippen molar-refractivity contribution in [2.45, 2.75) is 26.4 Å². The van der Waals surface area contributed by atoms with E-state index in [1.165, 1.54) is 20.1 Å². The maximum absolute atomic E-state index is 13.1. The van der Waals surface area contributed by atoms with Crippen molar-refractivity contribution in [2.75, 3.05) is 7.11 Å². The van der Waals surface area contributed by atoms with Crippen molar-refractivity contribution >= 4 is 18.1 Å². The number of pyridine rings is 1. The number of carboxylic acid groups (broad SMARTS) is 1. The Balaban J connectivity index is 2.80. The second-order valence-corrected chi connectivity index (χ2v) is 5.19. The predicted octanol–water partition coefficient (Wildman–Crippen LogP) is 1.63. The van der Waals surface area contributed by atoms with E-state index in [9.17, 15) is 23.1 Å². The Bertz CT molecular complexity index is 724. The maximum atomic E-state index is 13.1. The van der Waals surface area contributed by atoms with E-state index in [2.05, 4.69) is 4.98 Å². The average molecular weight is 301 g/mol. The molecule has 0 aromatic carbocycles. The van der Waals surface area contributed by atoms with Gasteiger partial charge in [0.2, 0.25) is 5.88 Å². The van der Waals surface area contributed by atoms with Crippen LogP contribution in [0.15, 0.2) is 0 Å². The molecule has 21 heavy (non-hydrogen) atoms. The lowest BCUT2D eigenvalue weighted by Gasteiger charge is -2.29. The fourth-order valence-corrected chi connectivity index (χ4v) is 2.35. The zero-order valence-corrected chi connectivity index (χ0v) is 11.7. The molecule has 7 heteroatoms. The van der Waals surface area contributed by atoms with Gasteiger partial charge in [-0.1, -0.05) is 6.08 Å². The lowest BCUT2D eigenvalue weighted by Crippen LogP contribution is -2.44. The Labute approximate surface area is 118 Å². The number of fused-ring (bicyclic) bond motifs is 1. The molecular weight excluding hydrogens is 287 g/mol. The van der Waals surface area contributed by atoms with Crippen LogP contribution >= 0.6 is 0 Å². The molecule has 1 N–H and O–H groups in total. The largest absolute Gasteiger partial charge is 0.480 e. The first kappa shape index (κ1) is 15.3. The lowest BCUT2D eigenvalue weighted by molar-refractivity contribution is -0.192. The molecule has 0 saturated carbocycles. The number of alkyl halides is 3. The Morgan fingerprint density at radius 1 is 1.48 bits per heavy atom. The van der Waals surface area contributed by atoms with Gasteiger partial charge in [0.05, 0.1) is 17.9 Å². The molecule has 1 aromatic rings. The molecule has 0 radical (unpaired) electrons. The van der Waals surface area contributed by atoms with Crippen molar-refractivity contribution in [3.05, 3.63) is 21.7 Å². The molecule has 114 valence electrons. The average Bonchev–Trinajstić information content (AvgIpc) is 2.36. The Morgan fingerprint density at radius 3 is 2.57 bits per heavy atom. The molecule has 1 aliphatic carbocycles. The monoisotopic (exact) mass is 301 g/mol. The van der Waals surface area contributed by atoms with E-state index in [-0.39, 0.29) is 23.2 Å². The number of nitrogens with zero attached hydrogens (tertiary/aromatic N) is 1. The SMILES string of the molecule is COc1nc2c(c(C)c1C(=O)O)=CCC(C)(C(F)(F)F)C=2. The van der Waals surface area contributed by atoms with E-state index in [1.54, 1.807) is 0 Å². The summed E-state index contributed by atoms with van der Waals surface area (Å²) < 4.78 is 44.2. The van der Waals surface area contributed by atoms with E-state index in [0.29, 0.717) is 10.8 Å². The first-order chi connectivity index (χ1) is 9.60. The number of carboxylic acids is 1. The summed E-state index contributed by atoms with van der Waals surface area (Å²) in [5, 5.41) is 9.70. The zero-order valence-electron chi connectivity index (χ0n) is 11.7. The van der Waals surface area contributed by atoms with Crippen molar-refractivity contribution in [1.29, 1.82) is 0 Å². The minimum Gasteiger partial charge on any atom is -0.480 e. The molecule has 1 aromatic heterocycles. The molecule has 1 heterocycles. The molecule has 1 atom stereocenters. The fourth-order valence-electron chi connectivity index (χ4n) is 2.35. The molecule has 2 rings (SSSR count). The summed E-state index contributed by atoms with van der Waals surface area (Å²) >= 11 is 0. The summed E-state index contributed by atoms with van der Waals surface area (Å²) in [6.45, 7) is 2.62. The van der Waals surface area contributed by atoms with Crippen LogP contribution in [0.2, 0.25) is 0 Å². The van der Waals surface area contributed by atoms with Crippen LogP contribution in [0.4, 0.5) is 13.2 Å². The number of hydrogen-bond acceptors (Lipinski definition) is 3. The highest BCUT2D eigenvalue weighted by Gasteiger charge is 2.49. The van der Waals surface area contributed by atoms with Gasteiger partial charge in [-0.15, -0.1) is 0 Å². The second kappa shape index (κ2) is 4.75. The minimum atomic E-state index is -4.41. The number of methoxy groups -OCH3 is 1. The van der Waals surface area contributed by atoms with Crippen molar-refractivity contribution in [2.24, 2.45) is 5.41 Å². The highest BCUT2D eigenvalue weighted by Crippen LogP contribution is 2.43. The van der Waals surface area contributed by atoms with E-state index < -0.39 is 17.6 Å². The number of rotatable bonds is 2. The predicted molar refractivity (Wildman–Crippen MR) is 69.4 cm³/mol. The summed E-state index contributed by atoms with van der Waals surface area (Å²) in [6, 6.07) is 0. The normalized spacial score (nSPS) is 21.0. The third-order valence-electron chi connectivity index (χ3n) is 3.73. The summed E-state index contributed by atoms with van der Waals surface area (Å²) in [7, 11) is 1.23. The maximum Gasteiger partial charge on any atom is 0.397 e. The summed E-state index contributed by atoms with van der Waals surface area (Å²) in [5.74, 6) is -1.41. The first-order valence-electron chi connectivity index (χ1n) is 6.18. The van der Waals surface area contributed by atoms with Crippen LogP contribution in [0.1, 0.15) is 29.3 Å². The zero-order chi connectivity index (χ0) is 16.0. The summed E-state index contributed by atoms with van der Waals surface area (Å²) in [6.07, 6.45) is -2.24. The van der Waals surface area contributed by atoms with Gasteiger partial charge in [-0.3, -0.25) is 0 Å². The molecule has 0 aliphatic heterocycles. The van der Waals surface area contributed by atoms with Gasteiger partial charge < -0.3 is 9.84 Å². The molecule has 1 unspecified atom stereocenters. The van der Waals surface area contributed by atoms with Gasteiger partial charge in [-0.25, -0.2) is 9.78 Å². The highest BCUT2D eigenvalue weighted by molar-refractivity contribution is 5.92. The Morgan fingerprint density at radius 2 is 2.10 bits per heavy atom. The van der Waals surface area contributed by atoms with Gasteiger partial charge in [0.25, 0.3) is 0 Å². The van der Waals surface area contributed by atoms with Crippen LogP contribution in [-0.2, 0) is 0 Å². The van der Waals surface area contributed by atoms with Gasteiger partial charge in [0.1, 0.15) is 5.56 Å². The van der Waals surface area contributed by atoms with Crippen LogP contribution < -0.4 is 15.3 Å². The number of halogens is 3. The number of carbonyl (C=O) groups is 1. The van der Waals surface area contributed by atoms with Crippen molar-refractivity contribution in [1.82, 2.24) is 4.98 Å². The standard InChI is InChI=1S/C14H14F3NO3/c1-7-8-4-5-13(2,14(15,16)17)6-9(8)18-11(21-3)10(7)12(19)20/h4,6H,5H2,1-3H3,(H,19,20). The molecule has 0 fully saturated rings. The number of hydrogen-bond donors (Lipinski definition) is 1. The van der Waals surface area contributed by atoms with E-state index in [4.69, 9.17) is 4.74 Å². The smallest absolute Gasteiger partial charge is 0.397 e. The van der Waals surface area contributed by atoms with Gasteiger partial charge in [-0.05, 0) is 37.1 Å². The molecular formula is C14H14F3NO3. The van der Waals surface area contributed by atoms with E-state index in [0.717, 1.165) is 13.0 Å². The third-order valence-corrected chi connectivity index (χ3v) is 3.73. The number of aromatic carboxylic acids is 1. The van der Waals surface area contributed by atoms with Gasteiger partial charge in [0, 0.05) is 0 Å². The highest BCUT2D eigenvalue weighted by atomic mass is 19.4. The molecule has 0 bridgehead atoms. The third kappa shape index (κ3) is 2.36. The second-order valence-electron chi connectivity index (χ2n) is 5.19. The van der Waals surface area contributed by atoms with Crippen molar-refractivity contribution < 1.29 is 27.8 Å². The summed E-state index contributed by atoms with van der Waals surface area (Å²) in [5.41, 5.74) is -1.80. The van der Waals surface area contributed by atoms with Gasteiger partial charge in [0.15, 0.2) is 0 Å². The number of ether oxygens (including phenoxy) is 1. The molecule has 1 aliphatic rings. The van der Waals surface area contributed by atoms with Crippen LogP contribution in [0, 0.1) is 12.3 Å². The van der Waals surface area contributed by atoms with Crippen molar-refractivity contribution in [3.8, 4) is 5.88 Å². The van der Waals surface area contributed by atoms with E-state index in [1.807, 2.05) is 0 Å². The summed E-state index contributed by atoms with van der Waals surface area (Å²) in [4.78, 5) is 15.2. The lowest BCUT2D eigenvalue weighted by atomic mass is 9.82. The quantitative estimate of drug-likeness (QED) is 0.902. The van der Waals surface area contributed by atoms with Crippen LogP contribution in [0.25, 0.3) is 12.2 Å². The van der Waals surface area contributed by atoms with Crippen LogP contribution in [0.3, 0.4) is 0 Å². The Kier molecular flexibility index (Phi) is 3.47. The molecule has 0 saturated heterocycles. The minimum absolute atomic E-state index is 0.0976. The number of aromatic nitrogens is 1. The molecule has 0 amide bonds. The Hall–Kier alpha value is -2.05. The topological polar surface area (TPSA) is 59.4 Å². The molecule has 0 spiro atoms. The van der Waals surface area contributed by atoms with Gasteiger partial charge >= 0.3 is 12.1 Å². The van der Waals surface area contributed by atoms with Crippen LogP contribution in [-0.4, -0.2) is 29.3 Å².